The predicted octanol–water partition coefficient (Wildman–Crippen LogP) is 1.67. The Balaban J connectivity index is 2.78. The molecule has 0 N–H and O–H groups in total. The van der Waals surface area contributed by atoms with Crippen molar-refractivity contribution in [1.82, 2.24) is 0 Å². The van der Waals surface area contributed by atoms with E-state index in [1.807, 2.05) is 0 Å². The maximum Gasteiger partial charge on any atom is 0.335 e. The Kier molecular flexibility index (Phi) is 4.03. The maximum absolute atomic E-state index is 10.9. The van der Waals surface area contributed by atoms with Crippen LogP contribution in [0.5, 0.6) is 11.5 Å². The standard InChI is InChI=1S/C12H9O4/c1-3-11(13)15-9-6-5-7-10(8-9)16-12(14)4-2/h3-6,8H,1-2H2. The summed E-state index contributed by atoms with van der Waals surface area (Å²) >= 11 is 0. The zero-order valence-corrected chi connectivity index (χ0v) is 8.43. The summed E-state index contributed by atoms with van der Waals surface area (Å²) in [5, 5.41) is 0. The van der Waals surface area contributed by atoms with Crippen LogP contribution in [0.15, 0.2) is 43.5 Å². The second-order valence-electron chi connectivity index (χ2n) is 2.64. The average molecular weight is 217 g/mol. The average Bonchev–Trinajstić information content (AvgIpc) is 2.29. The third kappa shape index (κ3) is 3.42. The van der Waals surface area contributed by atoms with E-state index in [2.05, 4.69) is 19.2 Å². The molecule has 0 amide bonds. The fraction of sp³-hybridized carbons (Fsp3) is 0. The highest BCUT2D eigenvalue weighted by molar-refractivity contribution is 5.84. The predicted molar refractivity (Wildman–Crippen MR) is 56.9 cm³/mol. The van der Waals surface area contributed by atoms with Gasteiger partial charge in [0.2, 0.25) is 0 Å². The summed E-state index contributed by atoms with van der Waals surface area (Å²) in [6.45, 7) is 6.51. The normalized spacial score (nSPS) is 9.00. The van der Waals surface area contributed by atoms with Crippen molar-refractivity contribution in [2.45, 2.75) is 0 Å². The highest BCUT2D eigenvalue weighted by atomic mass is 16.5. The van der Waals surface area contributed by atoms with Crippen LogP contribution in [0, 0.1) is 6.07 Å². The molecule has 1 rings (SSSR count). The fourth-order valence-electron chi connectivity index (χ4n) is 0.855. The van der Waals surface area contributed by atoms with Crippen molar-refractivity contribution in [3.05, 3.63) is 49.6 Å². The first-order valence-electron chi connectivity index (χ1n) is 4.36. The summed E-state index contributed by atoms with van der Waals surface area (Å²) < 4.78 is 9.62. The molecule has 0 aliphatic carbocycles. The van der Waals surface area contributed by atoms with Crippen LogP contribution in [0.25, 0.3) is 0 Å². The molecule has 0 aliphatic rings. The van der Waals surface area contributed by atoms with Gasteiger partial charge < -0.3 is 9.47 Å². The first kappa shape index (κ1) is 11.7. The van der Waals surface area contributed by atoms with Gasteiger partial charge in [0.25, 0.3) is 0 Å². The number of esters is 2. The Hall–Kier alpha value is -2.36. The van der Waals surface area contributed by atoms with Crippen molar-refractivity contribution in [2.75, 3.05) is 0 Å². The quantitative estimate of drug-likeness (QED) is 0.437. The van der Waals surface area contributed by atoms with Gasteiger partial charge in [0.15, 0.2) is 0 Å². The Morgan fingerprint density at radius 1 is 1.19 bits per heavy atom. The van der Waals surface area contributed by atoms with E-state index in [1.54, 1.807) is 0 Å². The number of carbonyl (C=O) groups excluding carboxylic acids is 2. The zero-order valence-electron chi connectivity index (χ0n) is 8.43. The Bertz CT molecular complexity index is 397. The number of rotatable bonds is 4. The summed E-state index contributed by atoms with van der Waals surface area (Å²) in [5.41, 5.74) is 0. The van der Waals surface area contributed by atoms with Crippen LogP contribution in [-0.2, 0) is 9.59 Å². The smallest absolute Gasteiger partial charge is 0.335 e. The topological polar surface area (TPSA) is 52.6 Å². The molecule has 0 unspecified atom stereocenters. The van der Waals surface area contributed by atoms with Crippen molar-refractivity contribution in [2.24, 2.45) is 0 Å². The van der Waals surface area contributed by atoms with Gasteiger partial charge in [0.05, 0.1) is 0 Å². The molecule has 4 heteroatoms. The molecule has 0 atom stereocenters. The van der Waals surface area contributed by atoms with Crippen molar-refractivity contribution >= 4 is 11.9 Å². The van der Waals surface area contributed by atoms with Crippen LogP contribution >= 0.6 is 0 Å². The van der Waals surface area contributed by atoms with E-state index in [0.717, 1.165) is 12.2 Å². The van der Waals surface area contributed by atoms with Crippen LogP contribution < -0.4 is 9.47 Å². The summed E-state index contributed by atoms with van der Waals surface area (Å²) in [5.74, 6) is -0.801. The minimum atomic E-state index is -0.608. The van der Waals surface area contributed by atoms with Crippen LogP contribution in [0.4, 0.5) is 0 Å². The van der Waals surface area contributed by atoms with Crippen molar-refractivity contribution in [1.29, 1.82) is 0 Å². The van der Waals surface area contributed by atoms with Gasteiger partial charge in [-0.25, -0.2) is 9.59 Å². The van der Waals surface area contributed by atoms with E-state index < -0.39 is 11.9 Å². The Morgan fingerprint density at radius 2 is 1.81 bits per heavy atom. The van der Waals surface area contributed by atoms with Crippen LogP contribution in [-0.4, -0.2) is 11.9 Å². The lowest BCUT2D eigenvalue weighted by Gasteiger charge is -2.03. The molecule has 1 radical (unpaired) electrons. The summed E-state index contributed by atoms with van der Waals surface area (Å²) in [7, 11) is 0. The lowest BCUT2D eigenvalue weighted by molar-refractivity contribution is -0.129. The van der Waals surface area contributed by atoms with E-state index in [0.29, 0.717) is 0 Å². The van der Waals surface area contributed by atoms with Gasteiger partial charge >= 0.3 is 11.9 Å². The maximum atomic E-state index is 10.9. The number of ether oxygens (including phenoxy) is 2. The van der Waals surface area contributed by atoms with Crippen LogP contribution in [0.2, 0.25) is 0 Å². The van der Waals surface area contributed by atoms with Gasteiger partial charge in [0.1, 0.15) is 11.5 Å². The van der Waals surface area contributed by atoms with Crippen LogP contribution in [0.1, 0.15) is 0 Å². The van der Waals surface area contributed by atoms with Crippen LogP contribution in [0.3, 0.4) is 0 Å². The molecule has 0 spiro atoms. The molecule has 0 saturated carbocycles. The van der Waals surface area contributed by atoms with Crippen molar-refractivity contribution < 1.29 is 19.1 Å². The van der Waals surface area contributed by atoms with Gasteiger partial charge in [-0.2, -0.15) is 0 Å². The molecular weight excluding hydrogens is 208 g/mol. The van der Waals surface area contributed by atoms with Gasteiger partial charge in [-0.15, -0.1) is 0 Å². The van der Waals surface area contributed by atoms with E-state index in [1.165, 1.54) is 18.2 Å². The molecular formula is C12H9O4. The van der Waals surface area contributed by atoms with Crippen molar-refractivity contribution in [3.63, 3.8) is 0 Å². The third-order valence-electron chi connectivity index (χ3n) is 1.51. The van der Waals surface area contributed by atoms with E-state index >= 15 is 0 Å². The lowest BCUT2D eigenvalue weighted by Crippen LogP contribution is -2.05. The summed E-state index contributed by atoms with van der Waals surface area (Å²) in [4.78, 5) is 21.8. The van der Waals surface area contributed by atoms with Gasteiger partial charge in [-0.3, -0.25) is 0 Å². The van der Waals surface area contributed by atoms with E-state index in [9.17, 15) is 9.59 Å². The van der Waals surface area contributed by atoms with Crippen molar-refractivity contribution in [3.8, 4) is 11.5 Å². The largest absolute Gasteiger partial charge is 0.423 e. The fourth-order valence-corrected chi connectivity index (χ4v) is 0.855. The SMILES string of the molecule is C=CC(=O)Oc1[c]ccc(OC(=O)C=C)c1. The second-order valence-corrected chi connectivity index (χ2v) is 2.64. The second kappa shape index (κ2) is 5.50. The number of hydrogen-bond acceptors (Lipinski definition) is 4. The minimum absolute atomic E-state index is 0.152. The Morgan fingerprint density at radius 3 is 2.44 bits per heavy atom. The molecule has 16 heavy (non-hydrogen) atoms. The molecule has 0 fully saturated rings. The molecule has 4 nitrogen and oxygen atoms in total. The molecule has 0 saturated heterocycles. The first-order chi connectivity index (χ1) is 7.65. The third-order valence-corrected chi connectivity index (χ3v) is 1.51. The molecule has 0 aromatic heterocycles. The summed E-state index contributed by atoms with van der Waals surface area (Å²) in [6.07, 6.45) is 2.06. The minimum Gasteiger partial charge on any atom is -0.423 e. The molecule has 1 aromatic carbocycles. The molecule has 81 valence electrons. The first-order valence-corrected chi connectivity index (χ1v) is 4.36. The highest BCUT2D eigenvalue weighted by Gasteiger charge is 2.04. The zero-order chi connectivity index (χ0) is 12.0. The summed E-state index contributed by atoms with van der Waals surface area (Å²) in [6, 6.07) is 7.00. The monoisotopic (exact) mass is 217 g/mol. The Labute approximate surface area is 92.8 Å². The molecule has 0 aliphatic heterocycles. The van der Waals surface area contributed by atoms with Gasteiger partial charge in [-0.05, 0) is 12.1 Å². The number of hydrogen-bond donors (Lipinski definition) is 0. The van der Waals surface area contributed by atoms with E-state index in [-0.39, 0.29) is 11.5 Å². The molecule has 1 aromatic rings. The van der Waals surface area contributed by atoms with E-state index in [4.69, 9.17) is 9.47 Å². The number of benzene rings is 1. The highest BCUT2D eigenvalue weighted by Crippen LogP contribution is 2.19. The molecule has 0 heterocycles. The molecule has 0 bridgehead atoms. The van der Waals surface area contributed by atoms with Gasteiger partial charge in [0, 0.05) is 24.3 Å². The number of carbonyl (C=O) groups is 2. The van der Waals surface area contributed by atoms with Gasteiger partial charge in [-0.1, -0.05) is 13.2 Å². The lowest BCUT2D eigenvalue weighted by atomic mass is 10.3.